The number of hydrogen-bond donors (Lipinski definition) is 0. The molecule has 1 aliphatic carbocycles. The Kier molecular flexibility index (Phi) is 4.87. The van der Waals surface area contributed by atoms with Crippen LogP contribution in [0.15, 0.2) is 69.6 Å². The van der Waals surface area contributed by atoms with E-state index in [4.69, 9.17) is 0 Å². The molecule has 0 spiro atoms. The summed E-state index contributed by atoms with van der Waals surface area (Å²) in [6.45, 7) is 7.75. The number of allylic oxidation sites excluding steroid dienone is 5. The molecule has 24 heavy (non-hydrogen) atoms. The van der Waals surface area contributed by atoms with Gasteiger partial charge in [-0.05, 0) is 47.8 Å². The van der Waals surface area contributed by atoms with E-state index in [1.165, 1.54) is 24.3 Å². The fraction of sp³-hybridized carbons (Fsp3) is 0.278. The highest BCUT2D eigenvalue weighted by Crippen LogP contribution is 2.32. The molecule has 124 valence electrons. The molecule has 1 aromatic rings. The second-order valence-corrected chi connectivity index (χ2v) is 6.58. The van der Waals surface area contributed by atoms with Crippen LogP contribution in [0.4, 0.5) is 11.4 Å². The number of carbonyl (C=O) groups is 1. The van der Waals surface area contributed by atoms with Gasteiger partial charge in [-0.3, -0.25) is 14.9 Å². The van der Waals surface area contributed by atoms with Gasteiger partial charge in [-0.2, -0.15) is 10.2 Å². The lowest BCUT2D eigenvalue weighted by atomic mass is 9.78. The Morgan fingerprint density at radius 2 is 1.75 bits per heavy atom. The fourth-order valence-corrected chi connectivity index (χ4v) is 2.24. The molecule has 1 aliphatic rings. The summed E-state index contributed by atoms with van der Waals surface area (Å²) in [7, 11) is 0. The van der Waals surface area contributed by atoms with Gasteiger partial charge in [-0.1, -0.05) is 20.8 Å². The summed E-state index contributed by atoms with van der Waals surface area (Å²) in [5.41, 5.74) is 2.47. The molecule has 0 unspecified atom stereocenters. The van der Waals surface area contributed by atoms with E-state index in [2.05, 4.69) is 10.2 Å². The number of nitro benzene ring substituents is 1. The van der Waals surface area contributed by atoms with Crippen molar-refractivity contribution in [2.45, 2.75) is 27.7 Å². The molecule has 2 rings (SSSR count). The third kappa shape index (κ3) is 4.10. The van der Waals surface area contributed by atoms with Gasteiger partial charge in [-0.15, -0.1) is 0 Å². The molecule has 6 nitrogen and oxygen atoms in total. The van der Waals surface area contributed by atoms with Crippen LogP contribution >= 0.6 is 0 Å². The van der Waals surface area contributed by atoms with Gasteiger partial charge in [0.05, 0.1) is 16.8 Å². The van der Waals surface area contributed by atoms with Crippen LogP contribution in [0, 0.1) is 15.5 Å². The zero-order chi connectivity index (χ0) is 17.9. The summed E-state index contributed by atoms with van der Waals surface area (Å²) >= 11 is 0. The second-order valence-electron chi connectivity index (χ2n) is 6.58. The summed E-state index contributed by atoms with van der Waals surface area (Å²) in [5.74, 6) is 0.0481. The number of nitrogens with zero attached hydrogens (tertiary/aromatic N) is 3. The molecule has 0 saturated heterocycles. The average molecular weight is 325 g/mol. The number of rotatable bonds is 3. The zero-order valence-corrected chi connectivity index (χ0v) is 14.1. The lowest BCUT2D eigenvalue weighted by molar-refractivity contribution is -0.384. The number of Topliss-reactive ketones (excluding diaryl/α,β-unsaturated/α-hetero) is 1. The summed E-state index contributed by atoms with van der Waals surface area (Å²) in [5, 5.41) is 18.6. The Morgan fingerprint density at radius 1 is 1.12 bits per heavy atom. The third-order valence-electron chi connectivity index (χ3n) is 3.55. The van der Waals surface area contributed by atoms with Gasteiger partial charge >= 0.3 is 0 Å². The van der Waals surface area contributed by atoms with Crippen LogP contribution in [0.3, 0.4) is 0 Å². The number of non-ortho nitro benzene ring substituents is 1. The quantitative estimate of drug-likeness (QED) is 0.442. The fourth-order valence-electron chi connectivity index (χ4n) is 2.24. The van der Waals surface area contributed by atoms with Crippen molar-refractivity contribution in [3.8, 4) is 0 Å². The highest BCUT2D eigenvalue weighted by atomic mass is 16.6. The summed E-state index contributed by atoms with van der Waals surface area (Å²) in [6, 6.07) is 5.81. The molecule has 0 aromatic heterocycles. The van der Waals surface area contributed by atoms with Crippen LogP contribution in [0.2, 0.25) is 0 Å². The Bertz CT molecular complexity index is 792. The van der Waals surface area contributed by atoms with Crippen molar-refractivity contribution in [2.24, 2.45) is 15.6 Å². The first-order valence-corrected chi connectivity index (χ1v) is 7.49. The molecule has 0 saturated carbocycles. The van der Waals surface area contributed by atoms with Crippen LogP contribution in [0.5, 0.6) is 0 Å². The van der Waals surface area contributed by atoms with Crippen molar-refractivity contribution in [1.82, 2.24) is 0 Å². The molecule has 0 amide bonds. The molecule has 1 aromatic carbocycles. The maximum absolute atomic E-state index is 12.2. The van der Waals surface area contributed by atoms with Gasteiger partial charge in [0, 0.05) is 17.7 Å². The third-order valence-corrected chi connectivity index (χ3v) is 3.55. The maximum atomic E-state index is 12.2. The molecule has 6 heteroatoms. The Balaban J connectivity index is 2.22. The van der Waals surface area contributed by atoms with E-state index in [-0.39, 0.29) is 16.9 Å². The van der Waals surface area contributed by atoms with Gasteiger partial charge in [-0.25, -0.2) is 0 Å². The molecule has 0 N–H and O–H groups in total. The number of hydrogen-bond acceptors (Lipinski definition) is 5. The Labute approximate surface area is 140 Å². The monoisotopic (exact) mass is 325 g/mol. The Hall–Kier alpha value is -2.89. The van der Waals surface area contributed by atoms with Crippen LogP contribution in [-0.2, 0) is 4.79 Å². The molecular formula is C18H19N3O3. The van der Waals surface area contributed by atoms with Gasteiger partial charge in [0.15, 0.2) is 5.78 Å². The molecule has 0 aliphatic heterocycles. The summed E-state index contributed by atoms with van der Waals surface area (Å²) in [6.07, 6.45) is 5.17. The van der Waals surface area contributed by atoms with Gasteiger partial charge in [0.25, 0.3) is 5.69 Å². The molecular weight excluding hydrogens is 306 g/mol. The van der Waals surface area contributed by atoms with Gasteiger partial charge in [0.2, 0.25) is 0 Å². The van der Waals surface area contributed by atoms with E-state index in [0.717, 1.165) is 11.1 Å². The van der Waals surface area contributed by atoms with Crippen molar-refractivity contribution in [2.75, 3.05) is 0 Å². The number of carbonyl (C=O) groups excluding carboxylic acids is 1. The van der Waals surface area contributed by atoms with Crippen LogP contribution in [0.25, 0.3) is 0 Å². The Morgan fingerprint density at radius 3 is 2.29 bits per heavy atom. The minimum atomic E-state index is -0.464. The van der Waals surface area contributed by atoms with Crippen molar-refractivity contribution in [3.05, 3.63) is 69.5 Å². The first kappa shape index (κ1) is 17.5. The SMILES string of the molecule is CC1=C/C(=C\N=Nc2ccc([N+](=O)[O-])cc2)C=C(C(C)(C)C)C1=O. The maximum Gasteiger partial charge on any atom is 0.269 e. The van der Waals surface area contributed by atoms with Gasteiger partial charge in [0.1, 0.15) is 0 Å². The first-order valence-electron chi connectivity index (χ1n) is 7.49. The minimum Gasteiger partial charge on any atom is -0.289 e. The molecule has 0 radical (unpaired) electrons. The van der Waals surface area contributed by atoms with Crippen molar-refractivity contribution >= 4 is 17.2 Å². The van der Waals surface area contributed by atoms with E-state index < -0.39 is 4.92 Å². The number of benzene rings is 1. The van der Waals surface area contributed by atoms with Crippen molar-refractivity contribution in [1.29, 1.82) is 0 Å². The molecule has 0 fully saturated rings. The van der Waals surface area contributed by atoms with E-state index >= 15 is 0 Å². The summed E-state index contributed by atoms with van der Waals surface area (Å²) < 4.78 is 0. The number of nitro groups is 1. The van der Waals surface area contributed by atoms with Crippen LogP contribution in [-0.4, -0.2) is 10.7 Å². The molecule has 0 bridgehead atoms. The first-order chi connectivity index (χ1) is 11.2. The highest BCUT2D eigenvalue weighted by molar-refractivity contribution is 6.10. The van der Waals surface area contributed by atoms with E-state index in [1.54, 1.807) is 19.2 Å². The zero-order valence-electron chi connectivity index (χ0n) is 14.1. The van der Waals surface area contributed by atoms with Crippen LogP contribution < -0.4 is 0 Å². The minimum absolute atomic E-state index is 0.00871. The average Bonchev–Trinajstić information content (AvgIpc) is 2.50. The number of azo groups is 1. The predicted octanol–water partition coefficient (Wildman–Crippen LogP) is 5.06. The second kappa shape index (κ2) is 6.70. The smallest absolute Gasteiger partial charge is 0.269 e. The normalized spacial score (nSPS) is 17.2. The van der Waals surface area contributed by atoms with E-state index in [0.29, 0.717) is 11.3 Å². The lowest BCUT2D eigenvalue weighted by Crippen LogP contribution is -2.21. The predicted molar refractivity (Wildman–Crippen MR) is 92.0 cm³/mol. The highest BCUT2D eigenvalue weighted by Gasteiger charge is 2.27. The van der Waals surface area contributed by atoms with Gasteiger partial charge < -0.3 is 0 Å². The van der Waals surface area contributed by atoms with E-state index in [1.807, 2.05) is 26.8 Å². The van der Waals surface area contributed by atoms with Crippen LogP contribution in [0.1, 0.15) is 27.7 Å². The molecule has 0 heterocycles. The van der Waals surface area contributed by atoms with Crippen molar-refractivity contribution < 1.29 is 9.72 Å². The topological polar surface area (TPSA) is 84.9 Å². The standard InChI is InChI=1S/C18H19N3O3/c1-12-9-13(10-16(17(12)22)18(2,3)4)11-19-20-14-5-7-15(8-6-14)21(23)24/h5-11H,1-4H3/b13-11+,20-19?. The largest absolute Gasteiger partial charge is 0.289 e. The molecule has 0 atom stereocenters. The lowest BCUT2D eigenvalue weighted by Gasteiger charge is -2.24. The van der Waals surface area contributed by atoms with E-state index in [9.17, 15) is 14.9 Å². The number of ketones is 1. The van der Waals surface area contributed by atoms with Crippen molar-refractivity contribution in [3.63, 3.8) is 0 Å². The summed E-state index contributed by atoms with van der Waals surface area (Å²) in [4.78, 5) is 22.4.